The van der Waals surface area contributed by atoms with Crippen molar-refractivity contribution in [2.24, 2.45) is 11.3 Å². The Labute approximate surface area is 91.3 Å². The van der Waals surface area contributed by atoms with E-state index in [2.05, 4.69) is 35.5 Å². The molecule has 2 N–H and O–H groups in total. The molecule has 1 heterocycles. The van der Waals surface area contributed by atoms with E-state index in [0.717, 1.165) is 23.8 Å². The van der Waals surface area contributed by atoms with Crippen molar-refractivity contribution in [2.45, 2.75) is 20.3 Å². The molecular weight excluding hydrogens is 186 g/mol. The van der Waals surface area contributed by atoms with Gasteiger partial charge in [0.1, 0.15) is 0 Å². The predicted molar refractivity (Wildman–Crippen MR) is 64.2 cm³/mol. The number of aromatic nitrogens is 1. The summed E-state index contributed by atoms with van der Waals surface area (Å²) in [5.41, 5.74) is 2.70. The van der Waals surface area contributed by atoms with Crippen molar-refractivity contribution in [3.63, 3.8) is 0 Å². The van der Waals surface area contributed by atoms with Crippen LogP contribution in [0.5, 0.6) is 0 Å². The van der Waals surface area contributed by atoms with E-state index in [1.54, 1.807) is 0 Å². The summed E-state index contributed by atoms with van der Waals surface area (Å²) in [7, 11) is 1.91. The van der Waals surface area contributed by atoms with E-state index in [4.69, 9.17) is 0 Å². The van der Waals surface area contributed by atoms with E-state index in [1.165, 1.54) is 6.42 Å². The summed E-state index contributed by atoms with van der Waals surface area (Å²) in [6.45, 7) is 5.70. The third-order valence-electron chi connectivity index (χ3n) is 3.30. The SMILES string of the molecule is CNc1cncc(NCC2CC2(C)C)c1. The summed E-state index contributed by atoms with van der Waals surface area (Å²) in [6.07, 6.45) is 5.03. The van der Waals surface area contributed by atoms with Gasteiger partial charge in [-0.2, -0.15) is 0 Å². The molecule has 0 bridgehead atoms. The Hall–Kier alpha value is -1.25. The zero-order chi connectivity index (χ0) is 10.9. The minimum atomic E-state index is 0.543. The lowest BCUT2D eigenvalue weighted by Crippen LogP contribution is -2.07. The lowest BCUT2D eigenvalue weighted by molar-refractivity contribution is 0.573. The average Bonchev–Trinajstić information content (AvgIpc) is 2.84. The highest BCUT2D eigenvalue weighted by Gasteiger charge is 2.44. The second-order valence-corrected chi connectivity index (χ2v) is 4.98. The highest BCUT2D eigenvalue weighted by atomic mass is 14.9. The van der Waals surface area contributed by atoms with Crippen LogP contribution in [-0.4, -0.2) is 18.6 Å². The molecule has 1 aromatic heterocycles. The molecule has 0 spiro atoms. The molecule has 1 saturated carbocycles. The molecule has 0 aromatic carbocycles. The summed E-state index contributed by atoms with van der Waals surface area (Å²) in [6, 6.07) is 2.09. The minimum Gasteiger partial charge on any atom is -0.387 e. The first-order valence-corrected chi connectivity index (χ1v) is 5.48. The summed E-state index contributed by atoms with van der Waals surface area (Å²) in [4.78, 5) is 4.17. The van der Waals surface area contributed by atoms with Gasteiger partial charge in [-0.05, 0) is 23.8 Å². The second-order valence-electron chi connectivity index (χ2n) is 4.98. The fraction of sp³-hybridized carbons (Fsp3) is 0.583. The van der Waals surface area contributed by atoms with Gasteiger partial charge in [0.05, 0.1) is 23.8 Å². The number of pyridine rings is 1. The maximum atomic E-state index is 4.17. The number of nitrogens with one attached hydrogen (secondary N) is 2. The van der Waals surface area contributed by atoms with E-state index in [0.29, 0.717) is 5.41 Å². The van der Waals surface area contributed by atoms with Gasteiger partial charge in [-0.15, -0.1) is 0 Å². The fourth-order valence-electron chi connectivity index (χ4n) is 1.84. The van der Waals surface area contributed by atoms with E-state index >= 15 is 0 Å². The first-order chi connectivity index (χ1) is 7.12. The Morgan fingerprint density at radius 3 is 2.67 bits per heavy atom. The van der Waals surface area contributed by atoms with Gasteiger partial charge in [0.15, 0.2) is 0 Å². The average molecular weight is 205 g/mol. The number of hydrogen-bond donors (Lipinski definition) is 2. The van der Waals surface area contributed by atoms with Gasteiger partial charge in [0, 0.05) is 13.6 Å². The van der Waals surface area contributed by atoms with Crippen LogP contribution in [0.3, 0.4) is 0 Å². The van der Waals surface area contributed by atoms with E-state index < -0.39 is 0 Å². The first kappa shape index (κ1) is 10.3. The van der Waals surface area contributed by atoms with Gasteiger partial charge in [-0.3, -0.25) is 4.98 Å². The molecule has 0 saturated heterocycles. The van der Waals surface area contributed by atoms with Crippen LogP contribution in [0, 0.1) is 11.3 Å². The molecule has 82 valence electrons. The zero-order valence-electron chi connectivity index (χ0n) is 9.67. The van der Waals surface area contributed by atoms with Crippen LogP contribution in [-0.2, 0) is 0 Å². The maximum Gasteiger partial charge on any atom is 0.0547 e. The lowest BCUT2D eigenvalue weighted by Gasteiger charge is -2.08. The number of nitrogens with zero attached hydrogens (tertiary/aromatic N) is 1. The molecule has 3 heteroatoms. The summed E-state index contributed by atoms with van der Waals surface area (Å²) in [5, 5.41) is 6.52. The first-order valence-electron chi connectivity index (χ1n) is 5.48. The number of anilines is 2. The molecule has 1 fully saturated rings. The predicted octanol–water partition coefficient (Wildman–Crippen LogP) is 2.58. The van der Waals surface area contributed by atoms with E-state index in [-0.39, 0.29) is 0 Å². The molecule has 0 amide bonds. The summed E-state index contributed by atoms with van der Waals surface area (Å²) >= 11 is 0. The summed E-state index contributed by atoms with van der Waals surface area (Å²) in [5.74, 6) is 0.816. The Morgan fingerprint density at radius 1 is 1.40 bits per heavy atom. The smallest absolute Gasteiger partial charge is 0.0547 e. The maximum absolute atomic E-state index is 4.17. The molecular formula is C12H19N3. The van der Waals surface area contributed by atoms with Gasteiger partial charge in [0.2, 0.25) is 0 Å². The van der Waals surface area contributed by atoms with Gasteiger partial charge < -0.3 is 10.6 Å². The molecule has 15 heavy (non-hydrogen) atoms. The lowest BCUT2D eigenvalue weighted by atomic mass is 10.1. The fourth-order valence-corrected chi connectivity index (χ4v) is 1.84. The molecule has 1 atom stereocenters. The van der Waals surface area contributed by atoms with E-state index in [9.17, 15) is 0 Å². The third-order valence-corrected chi connectivity index (χ3v) is 3.30. The minimum absolute atomic E-state index is 0.543. The second kappa shape index (κ2) is 3.72. The molecule has 1 aromatic rings. The van der Waals surface area contributed by atoms with Crippen molar-refractivity contribution in [3.8, 4) is 0 Å². The monoisotopic (exact) mass is 205 g/mol. The molecule has 3 nitrogen and oxygen atoms in total. The standard InChI is InChI=1S/C12H19N3/c1-12(2)5-9(12)6-15-11-4-10(13-3)7-14-8-11/h4,7-9,13,15H,5-6H2,1-3H3. The number of hydrogen-bond acceptors (Lipinski definition) is 3. The van der Waals surface area contributed by atoms with Gasteiger partial charge >= 0.3 is 0 Å². The summed E-state index contributed by atoms with van der Waals surface area (Å²) < 4.78 is 0. The molecule has 2 rings (SSSR count). The van der Waals surface area contributed by atoms with Gasteiger partial charge in [-0.1, -0.05) is 13.8 Å². The molecule has 1 aliphatic carbocycles. The van der Waals surface area contributed by atoms with Crippen LogP contribution in [0.4, 0.5) is 11.4 Å². The van der Waals surface area contributed by atoms with Crippen LogP contribution < -0.4 is 10.6 Å². The highest BCUT2D eigenvalue weighted by Crippen LogP contribution is 2.51. The number of rotatable bonds is 4. The van der Waals surface area contributed by atoms with Crippen LogP contribution in [0.15, 0.2) is 18.5 Å². The molecule has 1 aliphatic rings. The van der Waals surface area contributed by atoms with Crippen molar-refractivity contribution in [1.29, 1.82) is 0 Å². The Morgan fingerprint density at radius 2 is 2.07 bits per heavy atom. The third kappa shape index (κ3) is 2.41. The Balaban J connectivity index is 1.88. The van der Waals surface area contributed by atoms with Crippen LogP contribution in [0.1, 0.15) is 20.3 Å². The quantitative estimate of drug-likeness (QED) is 0.793. The van der Waals surface area contributed by atoms with Gasteiger partial charge in [0.25, 0.3) is 0 Å². The van der Waals surface area contributed by atoms with Crippen molar-refractivity contribution in [1.82, 2.24) is 4.98 Å². The van der Waals surface area contributed by atoms with Crippen LogP contribution in [0.25, 0.3) is 0 Å². The van der Waals surface area contributed by atoms with E-state index in [1.807, 2.05) is 19.4 Å². The molecule has 0 radical (unpaired) electrons. The van der Waals surface area contributed by atoms with Crippen LogP contribution >= 0.6 is 0 Å². The largest absolute Gasteiger partial charge is 0.387 e. The highest BCUT2D eigenvalue weighted by molar-refractivity contribution is 5.53. The van der Waals surface area contributed by atoms with Gasteiger partial charge in [-0.25, -0.2) is 0 Å². The van der Waals surface area contributed by atoms with Crippen molar-refractivity contribution in [3.05, 3.63) is 18.5 Å². The zero-order valence-corrected chi connectivity index (χ0v) is 9.67. The topological polar surface area (TPSA) is 37.0 Å². The van der Waals surface area contributed by atoms with Crippen molar-refractivity contribution < 1.29 is 0 Å². The normalized spacial score (nSPS) is 22.2. The Kier molecular flexibility index (Phi) is 2.55. The van der Waals surface area contributed by atoms with Crippen molar-refractivity contribution >= 4 is 11.4 Å². The molecule has 0 aliphatic heterocycles. The van der Waals surface area contributed by atoms with Crippen LogP contribution in [0.2, 0.25) is 0 Å². The molecule has 1 unspecified atom stereocenters. The van der Waals surface area contributed by atoms with Crippen molar-refractivity contribution in [2.75, 3.05) is 24.2 Å². The Bertz CT molecular complexity index is 346.